The summed E-state index contributed by atoms with van der Waals surface area (Å²) in [7, 11) is 0. The maximum atomic E-state index is 9.20. The fourth-order valence-electron chi connectivity index (χ4n) is 1.83. The minimum atomic E-state index is 0.0828. The van der Waals surface area contributed by atoms with Crippen molar-refractivity contribution in [3.63, 3.8) is 0 Å². The predicted molar refractivity (Wildman–Crippen MR) is 76.8 cm³/mol. The normalized spacial score (nSPS) is 10.7. The van der Waals surface area contributed by atoms with Gasteiger partial charge in [0.1, 0.15) is 23.1 Å². The summed E-state index contributed by atoms with van der Waals surface area (Å²) in [6.45, 7) is 3.89. The molecule has 0 atom stereocenters. The standard InChI is InChI=1S/C13H12Cl2N4/c1-7(2)11-8(6-16)13(17)19(18-11)12-9(14)4-3-5-10(12)15/h3-5,7H,17H2,1-2H3. The van der Waals surface area contributed by atoms with Crippen LogP contribution in [0.1, 0.15) is 31.0 Å². The van der Waals surface area contributed by atoms with Gasteiger partial charge in [-0.1, -0.05) is 43.1 Å². The van der Waals surface area contributed by atoms with Gasteiger partial charge in [-0.2, -0.15) is 10.4 Å². The molecule has 1 heterocycles. The minimum absolute atomic E-state index is 0.0828. The van der Waals surface area contributed by atoms with Crippen LogP contribution >= 0.6 is 23.2 Å². The SMILES string of the molecule is CC(C)c1nn(-c2c(Cl)cccc2Cl)c(N)c1C#N. The number of halogens is 2. The first-order chi connectivity index (χ1) is 8.97. The van der Waals surface area contributed by atoms with Crippen LogP contribution in [0.5, 0.6) is 0 Å². The fraction of sp³-hybridized carbons (Fsp3) is 0.231. The van der Waals surface area contributed by atoms with Gasteiger partial charge in [-0.15, -0.1) is 0 Å². The summed E-state index contributed by atoms with van der Waals surface area (Å²) >= 11 is 12.3. The van der Waals surface area contributed by atoms with E-state index in [1.807, 2.05) is 13.8 Å². The topological polar surface area (TPSA) is 67.6 Å². The third-order valence-electron chi connectivity index (χ3n) is 2.76. The Bertz CT molecular complexity index is 648. The van der Waals surface area contributed by atoms with Gasteiger partial charge in [0.15, 0.2) is 0 Å². The summed E-state index contributed by atoms with van der Waals surface area (Å²) in [5.41, 5.74) is 7.48. The number of aromatic nitrogens is 2. The molecule has 0 amide bonds. The first kappa shape index (κ1) is 13.7. The molecule has 98 valence electrons. The predicted octanol–water partition coefficient (Wildman–Crippen LogP) is 3.76. The third-order valence-corrected chi connectivity index (χ3v) is 3.37. The maximum absolute atomic E-state index is 9.20. The van der Waals surface area contributed by atoms with E-state index < -0.39 is 0 Å². The first-order valence-electron chi connectivity index (χ1n) is 5.70. The molecule has 0 radical (unpaired) electrons. The van der Waals surface area contributed by atoms with Crippen molar-refractivity contribution in [2.24, 2.45) is 0 Å². The van der Waals surface area contributed by atoms with E-state index in [2.05, 4.69) is 11.2 Å². The van der Waals surface area contributed by atoms with Gasteiger partial charge in [-0.25, -0.2) is 4.68 Å². The van der Waals surface area contributed by atoms with Crippen molar-refractivity contribution in [1.29, 1.82) is 5.26 Å². The zero-order valence-electron chi connectivity index (χ0n) is 10.5. The average molecular weight is 295 g/mol. The van der Waals surface area contributed by atoms with Crippen molar-refractivity contribution >= 4 is 29.0 Å². The number of anilines is 1. The smallest absolute Gasteiger partial charge is 0.145 e. The summed E-state index contributed by atoms with van der Waals surface area (Å²) in [6, 6.07) is 7.22. The summed E-state index contributed by atoms with van der Waals surface area (Å²) < 4.78 is 1.43. The largest absolute Gasteiger partial charge is 0.382 e. The van der Waals surface area contributed by atoms with Crippen molar-refractivity contribution in [2.75, 3.05) is 5.73 Å². The van der Waals surface area contributed by atoms with Crippen molar-refractivity contribution in [1.82, 2.24) is 9.78 Å². The molecule has 0 fully saturated rings. The molecule has 0 aliphatic rings. The Hall–Kier alpha value is -1.70. The molecule has 19 heavy (non-hydrogen) atoms. The summed E-state index contributed by atoms with van der Waals surface area (Å²) in [6.07, 6.45) is 0. The van der Waals surface area contributed by atoms with Gasteiger partial charge in [0, 0.05) is 0 Å². The zero-order chi connectivity index (χ0) is 14.2. The van der Waals surface area contributed by atoms with E-state index in [9.17, 15) is 5.26 Å². The van der Waals surface area contributed by atoms with Crippen molar-refractivity contribution in [3.05, 3.63) is 39.5 Å². The Balaban J connectivity index is 2.75. The number of hydrogen-bond donors (Lipinski definition) is 1. The van der Waals surface area contributed by atoms with Gasteiger partial charge in [-0.3, -0.25) is 0 Å². The third kappa shape index (κ3) is 2.27. The minimum Gasteiger partial charge on any atom is -0.382 e. The molecule has 2 aromatic rings. The molecule has 4 nitrogen and oxygen atoms in total. The maximum Gasteiger partial charge on any atom is 0.145 e. The van der Waals surface area contributed by atoms with Gasteiger partial charge in [0.25, 0.3) is 0 Å². The lowest BCUT2D eigenvalue weighted by Crippen LogP contribution is -2.04. The molecule has 2 rings (SSSR count). The second-order valence-corrected chi connectivity index (χ2v) is 5.21. The average Bonchev–Trinajstić information content (AvgIpc) is 2.67. The zero-order valence-corrected chi connectivity index (χ0v) is 12.0. The number of nitrogens with zero attached hydrogens (tertiary/aromatic N) is 3. The van der Waals surface area contributed by atoms with Crippen LogP contribution in [0.2, 0.25) is 10.0 Å². The highest BCUT2D eigenvalue weighted by molar-refractivity contribution is 6.37. The Kier molecular flexibility index (Phi) is 3.70. The van der Waals surface area contributed by atoms with Crippen LogP contribution < -0.4 is 5.73 Å². The number of nitrogen functional groups attached to an aromatic ring is 1. The molecule has 0 unspecified atom stereocenters. The Morgan fingerprint density at radius 2 is 1.89 bits per heavy atom. The summed E-state index contributed by atoms with van der Waals surface area (Å²) in [5, 5.41) is 14.4. The molecule has 0 spiro atoms. The molecule has 0 aliphatic carbocycles. The number of nitriles is 1. The lowest BCUT2D eigenvalue weighted by Gasteiger charge is -2.08. The van der Waals surface area contributed by atoms with E-state index in [4.69, 9.17) is 28.9 Å². The van der Waals surface area contributed by atoms with Crippen LogP contribution in [0.15, 0.2) is 18.2 Å². The second kappa shape index (κ2) is 5.12. The fourth-order valence-corrected chi connectivity index (χ4v) is 2.39. The van der Waals surface area contributed by atoms with Crippen molar-refractivity contribution in [3.8, 4) is 11.8 Å². The number of hydrogen-bond acceptors (Lipinski definition) is 3. The second-order valence-electron chi connectivity index (χ2n) is 4.39. The summed E-state index contributed by atoms with van der Waals surface area (Å²) in [5.74, 6) is 0.334. The Morgan fingerprint density at radius 3 is 2.32 bits per heavy atom. The van der Waals surface area contributed by atoms with Crippen LogP contribution in [-0.2, 0) is 0 Å². The van der Waals surface area contributed by atoms with Gasteiger partial charge < -0.3 is 5.73 Å². The van der Waals surface area contributed by atoms with Gasteiger partial charge in [0.2, 0.25) is 0 Å². The quantitative estimate of drug-likeness (QED) is 0.917. The van der Waals surface area contributed by atoms with E-state index >= 15 is 0 Å². The number of para-hydroxylation sites is 1. The highest BCUT2D eigenvalue weighted by Gasteiger charge is 2.21. The number of nitrogens with two attached hydrogens (primary N) is 1. The van der Waals surface area contributed by atoms with Crippen LogP contribution in [0.4, 0.5) is 5.82 Å². The molecule has 2 N–H and O–H groups in total. The molecule has 0 bridgehead atoms. The van der Waals surface area contributed by atoms with Crippen molar-refractivity contribution < 1.29 is 0 Å². The van der Waals surface area contributed by atoms with E-state index in [-0.39, 0.29) is 11.7 Å². The molecular weight excluding hydrogens is 283 g/mol. The van der Waals surface area contributed by atoms with E-state index in [0.717, 1.165) is 0 Å². The molecule has 6 heteroatoms. The molecule has 1 aromatic carbocycles. The van der Waals surface area contributed by atoms with Crippen LogP contribution in [0.25, 0.3) is 5.69 Å². The summed E-state index contributed by atoms with van der Waals surface area (Å²) in [4.78, 5) is 0. The van der Waals surface area contributed by atoms with E-state index in [0.29, 0.717) is 27.0 Å². The van der Waals surface area contributed by atoms with Gasteiger partial charge in [0.05, 0.1) is 15.7 Å². The molecule has 1 aromatic heterocycles. The van der Waals surface area contributed by atoms with Gasteiger partial charge >= 0.3 is 0 Å². The number of benzene rings is 1. The number of rotatable bonds is 2. The van der Waals surface area contributed by atoms with Crippen LogP contribution in [0.3, 0.4) is 0 Å². The van der Waals surface area contributed by atoms with Crippen LogP contribution in [-0.4, -0.2) is 9.78 Å². The first-order valence-corrected chi connectivity index (χ1v) is 6.45. The van der Waals surface area contributed by atoms with Gasteiger partial charge in [-0.05, 0) is 18.1 Å². The molecular formula is C13H12Cl2N4. The van der Waals surface area contributed by atoms with E-state index in [1.54, 1.807) is 18.2 Å². The molecule has 0 saturated heterocycles. The molecule has 0 saturated carbocycles. The Labute approximate surface area is 121 Å². The van der Waals surface area contributed by atoms with E-state index in [1.165, 1.54) is 4.68 Å². The molecule has 0 aliphatic heterocycles. The van der Waals surface area contributed by atoms with Crippen LogP contribution in [0, 0.1) is 11.3 Å². The lowest BCUT2D eigenvalue weighted by molar-refractivity contribution is 0.770. The monoisotopic (exact) mass is 294 g/mol. The Morgan fingerprint density at radius 1 is 1.32 bits per heavy atom. The van der Waals surface area contributed by atoms with Crippen molar-refractivity contribution in [2.45, 2.75) is 19.8 Å². The highest BCUT2D eigenvalue weighted by Crippen LogP contribution is 2.33. The lowest BCUT2D eigenvalue weighted by atomic mass is 10.1. The highest BCUT2D eigenvalue weighted by atomic mass is 35.5.